The molecule has 16 heavy (non-hydrogen) atoms. The number of nitrogens with zero attached hydrogens (tertiary/aromatic N) is 1. The molecule has 1 nitrogen and oxygen atoms in total. The topological polar surface area (TPSA) is 3.24 Å². The van der Waals surface area contributed by atoms with E-state index in [1.807, 2.05) is 0 Å². The molecule has 1 fully saturated rings. The van der Waals surface area contributed by atoms with Crippen LogP contribution in [0, 0.1) is 17.3 Å². The third-order valence-corrected chi connectivity index (χ3v) is 3.45. The second kappa shape index (κ2) is 5.23. The summed E-state index contributed by atoms with van der Waals surface area (Å²) in [5, 5.41) is 0. The van der Waals surface area contributed by atoms with Gasteiger partial charge < -0.3 is 0 Å². The van der Waals surface area contributed by atoms with E-state index in [1.165, 1.54) is 32.4 Å². The van der Waals surface area contributed by atoms with Crippen LogP contribution in [-0.2, 0) is 0 Å². The normalized spacial score (nSPS) is 22.1. The van der Waals surface area contributed by atoms with Crippen LogP contribution in [0.5, 0.6) is 0 Å². The Morgan fingerprint density at radius 2 is 1.50 bits per heavy atom. The Bertz CT molecular complexity index is 270. The zero-order chi connectivity index (χ0) is 12.2. The molecule has 0 aromatic rings. The minimum atomic E-state index is 0.0910. The Hall–Kier alpha value is -0.480. The predicted octanol–water partition coefficient (Wildman–Crippen LogP) is 3.69. The average Bonchev–Trinajstić information content (AvgIpc) is 2.26. The molecule has 1 heterocycles. The summed E-state index contributed by atoms with van der Waals surface area (Å²) >= 11 is 0. The highest BCUT2D eigenvalue weighted by molar-refractivity contribution is 5.20. The highest BCUT2D eigenvalue weighted by Gasteiger charge is 2.29. The Morgan fingerprint density at radius 1 is 0.938 bits per heavy atom. The first-order valence-electron chi connectivity index (χ1n) is 6.67. The van der Waals surface area contributed by atoms with Crippen molar-refractivity contribution in [2.45, 2.75) is 65.8 Å². The number of likely N-dealkylation sites (tertiary alicyclic amines) is 1. The second-order valence-corrected chi connectivity index (χ2v) is 6.18. The van der Waals surface area contributed by atoms with E-state index in [1.54, 1.807) is 0 Å². The van der Waals surface area contributed by atoms with E-state index < -0.39 is 0 Å². The Kier molecular flexibility index (Phi) is 4.44. The average molecular weight is 221 g/mol. The zero-order valence-corrected chi connectivity index (χ0v) is 11.7. The van der Waals surface area contributed by atoms with Crippen LogP contribution in [0.2, 0.25) is 0 Å². The quantitative estimate of drug-likeness (QED) is 0.643. The van der Waals surface area contributed by atoms with Gasteiger partial charge in [-0.1, -0.05) is 25.2 Å². The van der Waals surface area contributed by atoms with Crippen molar-refractivity contribution in [3.63, 3.8) is 0 Å². The molecule has 0 N–H and O–H groups in total. The van der Waals surface area contributed by atoms with Gasteiger partial charge in [0.2, 0.25) is 0 Å². The monoisotopic (exact) mass is 221 g/mol. The molecule has 1 atom stereocenters. The van der Waals surface area contributed by atoms with E-state index in [0.717, 1.165) is 6.42 Å². The number of hydrogen-bond acceptors (Lipinski definition) is 1. The van der Waals surface area contributed by atoms with E-state index >= 15 is 0 Å². The molecule has 0 amide bonds. The molecule has 0 bridgehead atoms. The number of hydrogen-bond donors (Lipinski definition) is 0. The SMILES string of the molecule is CCC(C)(C#CC(C)(C)C)N1CCCCC1. The molecule has 0 saturated carbocycles. The van der Waals surface area contributed by atoms with Gasteiger partial charge in [-0.2, -0.15) is 0 Å². The maximum Gasteiger partial charge on any atom is 0.0794 e. The van der Waals surface area contributed by atoms with Gasteiger partial charge in [-0.25, -0.2) is 0 Å². The van der Waals surface area contributed by atoms with Crippen molar-refractivity contribution >= 4 is 0 Å². The van der Waals surface area contributed by atoms with Crippen molar-refractivity contribution in [2.24, 2.45) is 5.41 Å². The van der Waals surface area contributed by atoms with Crippen LogP contribution in [0.4, 0.5) is 0 Å². The Morgan fingerprint density at radius 3 is 1.94 bits per heavy atom. The summed E-state index contributed by atoms with van der Waals surface area (Å²) in [6.07, 6.45) is 5.19. The van der Waals surface area contributed by atoms with E-state index in [9.17, 15) is 0 Å². The number of rotatable bonds is 2. The molecular weight excluding hydrogens is 194 g/mol. The molecule has 1 heteroatoms. The van der Waals surface area contributed by atoms with E-state index in [0.29, 0.717) is 0 Å². The van der Waals surface area contributed by atoms with Gasteiger partial charge in [0.15, 0.2) is 0 Å². The summed E-state index contributed by atoms with van der Waals surface area (Å²) in [6.45, 7) is 13.6. The Labute approximate surface area is 102 Å². The van der Waals surface area contributed by atoms with Crippen molar-refractivity contribution in [1.82, 2.24) is 4.90 Å². The van der Waals surface area contributed by atoms with Gasteiger partial charge in [0, 0.05) is 5.41 Å². The first-order chi connectivity index (χ1) is 7.37. The molecular formula is C15H27N. The summed E-state index contributed by atoms with van der Waals surface area (Å²) in [4.78, 5) is 2.58. The molecule has 0 radical (unpaired) electrons. The van der Waals surface area contributed by atoms with Crippen molar-refractivity contribution in [3.8, 4) is 11.8 Å². The molecule has 0 aromatic heterocycles. The zero-order valence-electron chi connectivity index (χ0n) is 11.7. The van der Waals surface area contributed by atoms with Crippen molar-refractivity contribution < 1.29 is 0 Å². The van der Waals surface area contributed by atoms with Crippen LogP contribution in [0.3, 0.4) is 0 Å². The molecule has 1 aliphatic heterocycles. The van der Waals surface area contributed by atoms with Gasteiger partial charge in [-0.15, -0.1) is 0 Å². The highest BCUT2D eigenvalue weighted by atomic mass is 15.2. The van der Waals surface area contributed by atoms with Crippen LogP contribution in [0.25, 0.3) is 0 Å². The lowest BCUT2D eigenvalue weighted by atomic mass is 9.90. The molecule has 1 saturated heterocycles. The molecule has 92 valence electrons. The molecule has 0 aromatic carbocycles. The lowest BCUT2D eigenvalue weighted by molar-refractivity contribution is 0.122. The molecule has 1 rings (SSSR count). The number of piperidine rings is 1. The molecule has 0 aliphatic carbocycles. The lowest BCUT2D eigenvalue weighted by Gasteiger charge is -2.39. The maximum atomic E-state index is 3.53. The van der Waals surface area contributed by atoms with Gasteiger partial charge >= 0.3 is 0 Å². The van der Waals surface area contributed by atoms with E-state index in [-0.39, 0.29) is 11.0 Å². The lowest BCUT2D eigenvalue weighted by Crippen LogP contribution is -2.47. The standard InChI is InChI=1S/C15H27N/c1-6-15(5,11-10-14(2,3)4)16-12-8-7-9-13-16/h6-9,12-13H2,1-5H3. The van der Waals surface area contributed by atoms with E-state index in [2.05, 4.69) is 51.4 Å². The first kappa shape index (κ1) is 13.6. The predicted molar refractivity (Wildman–Crippen MR) is 71.4 cm³/mol. The summed E-state index contributed by atoms with van der Waals surface area (Å²) in [7, 11) is 0. The van der Waals surface area contributed by atoms with Crippen LogP contribution >= 0.6 is 0 Å². The van der Waals surface area contributed by atoms with Crippen LogP contribution in [0.15, 0.2) is 0 Å². The largest absolute Gasteiger partial charge is 0.288 e. The fourth-order valence-corrected chi connectivity index (χ4v) is 2.10. The van der Waals surface area contributed by atoms with Crippen molar-refractivity contribution in [3.05, 3.63) is 0 Å². The fourth-order valence-electron chi connectivity index (χ4n) is 2.10. The van der Waals surface area contributed by atoms with Crippen LogP contribution < -0.4 is 0 Å². The minimum absolute atomic E-state index is 0.0910. The smallest absolute Gasteiger partial charge is 0.0794 e. The summed E-state index contributed by atoms with van der Waals surface area (Å²) in [5.74, 6) is 6.95. The second-order valence-electron chi connectivity index (χ2n) is 6.18. The van der Waals surface area contributed by atoms with Crippen molar-refractivity contribution in [2.75, 3.05) is 13.1 Å². The minimum Gasteiger partial charge on any atom is -0.288 e. The van der Waals surface area contributed by atoms with Gasteiger partial charge in [-0.3, -0.25) is 4.90 Å². The van der Waals surface area contributed by atoms with Crippen LogP contribution in [0.1, 0.15) is 60.3 Å². The fraction of sp³-hybridized carbons (Fsp3) is 0.867. The van der Waals surface area contributed by atoms with Gasteiger partial charge in [0.25, 0.3) is 0 Å². The third kappa shape index (κ3) is 3.83. The van der Waals surface area contributed by atoms with E-state index in [4.69, 9.17) is 0 Å². The Balaban J connectivity index is 2.78. The summed E-state index contributed by atoms with van der Waals surface area (Å²) < 4.78 is 0. The molecule has 0 spiro atoms. The summed E-state index contributed by atoms with van der Waals surface area (Å²) in [5.41, 5.74) is 0.208. The summed E-state index contributed by atoms with van der Waals surface area (Å²) in [6, 6.07) is 0. The molecule has 1 aliphatic rings. The van der Waals surface area contributed by atoms with Gasteiger partial charge in [0.1, 0.15) is 0 Å². The maximum absolute atomic E-state index is 3.53. The van der Waals surface area contributed by atoms with Crippen molar-refractivity contribution in [1.29, 1.82) is 0 Å². The first-order valence-corrected chi connectivity index (χ1v) is 6.67. The van der Waals surface area contributed by atoms with Crippen LogP contribution in [-0.4, -0.2) is 23.5 Å². The van der Waals surface area contributed by atoms with Gasteiger partial charge in [-0.05, 0) is 60.0 Å². The highest BCUT2D eigenvalue weighted by Crippen LogP contribution is 2.24. The van der Waals surface area contributed by atoms with Gasteiger partial charge in [0.05, 0.1) is 5.54 Å². The third-order valence-electron chi connectivity index (χ3n) is 3.45. The molecule has 1 unspecified atom stereocenters.